The molecule has 0 aliphatic rings. The number of ether oxygens (including phenoxy) is 1. The van der Waals surface area contributed by atoms with Gasteiger partial charge in [0.05, 0.1) is 12.8 Å². The normalized spacial score (nSPS) is 10.6. The van der Waals surface area contributed by atoms with Crippen LogP contribution in [0.3, 0.4) is 0 Å². The van der Waals surface area contributed by atoms with Gasteiger partial charge in [0.25, 0.3) is 0 Å². The van der Waals surface area contributed by atoms with E-state index in [4.69, 9.17) is 4.74 Å². The molecule has 20 heavy (non-hydrogen) atoms. The average molecular weight is 290 g/mol. The number of aromatic nitrogens is 2. The van der Waals surface area contributed by atoms with Crippen LogP contribution in [0.15, 0.2) is 12.1 Å². The summed E-state index contributed by atoms with van der Waals surface area (Å²) in [5, 5.41) is 4.06. The van der Waals surface area contributed by atoms with Crippen LogP contribution in [-0.2, 0) is 6.42 Å². The molecular formula is C15H18N2O2S. The molecule has 4 nitrogen and oxygen atoms in total. The summed E-state index contributed by atoms with van der Waals surface area (Å²) in [6.07, 6.45) is 1.73. The summed E-state index contributed by atoms with van der Waals surface area (Å²) in [5.74, 6) is 0.807. The third-order valence-corrected chi connectivity index (χ3v) is 4.00. The van der Waals surface area contributed by atoms with E-state index in [1.54, 1.807) is 7.11 Å². The molecule has 2 rings (SSSR count). The minimum atomic E-state index is 0.00621. The van der Waals surface area contributed by atoms with Crippen molar-refractivity contribution >= 4 is 17.3 Å². The van der Waals surface area contributed by atoms with E-state index in [1.807, 2.05) is 26.0 Å². The zero-order valence-corrected chi connectivity index (χ0v) is 13.0. The maximum atomic E-state index is 12.7. The van der Waals surface area contributed by atoms with Gasteiger partial charge in [-0.1, -0.05) is 17.8 Å². The van der Waals surface area contributed by atoms with Crippen molar-refractivity contribution in [3.05, 3.63) is 39.4 Å². The Morgan fingerprint density at radius 2 is 2.05 bits per heavy atom. The number of benzene rings is 1. The van der Waals surface area contributed by atoms with E-state index in [0.29, 0.717) is 10.4 Å². The van der Waals surface area contributed by atoms with Crippen LogP contribution in [0.25, 0.3) is 0 Å². The van der Waals surface area contributed by atoms with Crippen LogP contribution in [0.4, 0.5) is 0 Å². The van der Waals surface area contributed by atoms with Crippen LogP contribution >= 0.6 is 11.5 Å². The van der Waals surface area contributed by atoms with Crippen molar-refractivity contribution < 1.29 is 9.53 Å². The standard InChI is InChI=1S/C15H18N2O2S/c1-5-6-12-15(20-17-16-12)14(18)11-7-10(3)13(19-4)8-9(11)2/h7-8H,5-6H2,1-4H3. The summed E-state index contributed by atoms with van der Waals surface area (Å²) in [7, 11) is 1.63. The van der Waals surface area contributed by atoms with Gasteiger partial charge < -0.3 is 4.74 Å². The van der Waals surface area contributed by atoms with Crippen LogP contribution < -0.4 is 4.74 Å². The first-order chi connectivity index (χ1) is 9.58. The highest BCUT2D eigenvalue weighted by Crippen LogP contribution is 2.26. The predicted octanol–water partition coefficient (Wildman–Crippen LogP) is 3.35. The van der Waals surface area contributed by atoms with Crippen molar-refractivity contribution in [2.24, 2.45) is 0 Å². The highest BCUT2D eigenvalue weighted by atomic mass is 32.1. The lowest BCUT2D eigenvalue weighted by atomic mass is 9.99. The first-order valence-electron chi connectivity index (χ1n) is 6.59. The van der Waals surface area contributed by atoms with Crippen LogP contribution in [0.1, 0.15) is 45.4 Å². The topological polar surface area (TPSA) is 52.1 Å². The van der Waals surface area contributed by atoms with E-state index in [2.05, 4.69) is 16.5 Å². The maximum Gasteiger partial charge on any atom is 0.206 e. The Hall–Kier alpha value is -1.75. The monoisotopic (exact) mass is 290 g/mol. The van der Waals surface area contributed by atoms with Gasteiger partial charge in [0, 0.05) is 5.56 Å². The number of carbonyl (C=O) groups excluding carboxylic acids is 1. The van der Waals surface area contributed by atoms with E-state index in [9.17, 15) is 4.79 Å². The van der Waals surface area contributed by atoms with E-state index < -0.39 is 0 Å². The first kappa shape index (κ1) is 14.7. The Balaban J connectivity index is 2.43. The molecule has 0 aliphatic carbocycles. The van der Waals surface area contributed by atoms with Crippen molar-refractivity contribution in [1.82, 2.24) is 9.59 Å². The summed E-state index contributed by atoms with van der Waals surface area (Å²) in [6, 6.07) is 3.78. The lowest BCUT2D eigenvalue weighted by molar-refractivity contribution is 0.104. The summed E-state index contributed by atoms with van der Waals surface area (Å²) < 4.78 is 9.20. The number of carbonyl (C=O) groups is 1. The summed E-state index contributed by atoms with van der Waals surface area (Å²) in [6.45, 7) is 5.92. The maximum absolute atomic E-state index is 12.7. The average Bonchev–Trinajstić information content (AvgIpc) is 2.89. The number of nitrogens with zero attached hydrogens (tertiary/aromatic N) is 2. The van der Waals surface area contributed by atoms with Gasteiger partial charge in [-0.3, -0.25) is 4.79 Å². The molecule has 1 aromatic heterocycles. The number of hydrogen-bond donors (Lipinski definition) is 0. The van der Waals surface area contributed by atoms with Crippen molar-refractivity contribution in [1.29, 1.82) is 0 Å². The highest BCUT2D eigenvalue weighted by molar-refractivity contribution is 7.08. The van der Waals surface area contributed by atoms with Crippen LogP contribution in [0.2, 0.25) is 0 Å². The third-order valence-electron chi connectivity index (χ3n) is 3.24. The molecule has 1 heterocycles. The molecule has 0 saturated heterocycles. The molecule has 0 saturated carbocycles. The van der Waals surface area contributed by atoms with Gasteiger partial charge in [-0.05, 0) is 55.1 Å². The Kier molecular flexibility index (Phi) is 4.49. The summed E-state index contributed by atoms with van der Waals surface area (Å²) in [4.78, 5) is 13.3. The summed E-state index contributed by atoms with van der Waals surface area (Å²) >= 11 is 1.18. The van der Waals surface area contributed by atoms with Crippen molar-refractivity contribution in [3.63, 3.8) is 0 Å². The minimum Gasteiger partial charge on any atom is -0.496 e. The molecule has 0 amide bonds. The van der Waals surface area contributed by atoms with Crippen molar-refractivity contribution in [2.45, 2.75) is 33.6 Å². The molecule has 0 N–H and O–H groups in total. The fourth-order valence-electron chi connectivity index (χ4n) is 2.16. The second kappa shape index (κ2) is 6.13. The molecule has 0 spiro atoms. The number of ketones is 1. The Morgan fingerprint density at radius 1 is 1.30 bits per heavy atom. The first-order valence-corrected chi connectivity index (χ1v) is 7.37. The molecule has 5 heteroatoms. The number of aryl methyl sites for hydroxylation is 3. The minimum absolute atomic E-state index is 0.00621. The van der Waals surface area contributed by atoms with Crippen LogP contribution in [0.5, 0.6) is 5.75 Å². The van der Waals surface area contributed by atoms with Gasteiger partial charge in [-0.15, -0.1) is 5.10 Å². The molecule has 0 fully saturated rings. The van der Waals surface area contributed by atoms with Gasteiger partial charge in [0.2, 0.25) is 5.78 Å². The lowest BCUT2D eigenvalue weighted by Crippen LogP contribution is -2.06. The number of hydrogen-bond acceptors (Lipinski definition) is 5. The van der Waals surface area contributed by atoms with Gasteiger partial charge in [-0.2, -0.15) is 0 Å². The quantitative estimate of drug-likeness (QED) is 0.792. The lowest BCUT2D eigenvalue weighted by Gasteiger charge is -2.10. The largest absolute Gasteiger partial charge is 0.496 e. The molecule has 0 aliphatic heterocycles. The number of rotatable bonds is 5. The molecule has 0 bridgehead atoms. The SMILES string of the molecule is CCCc1nnsc1C(=O)c1cc(C)c(OC)cc1C. The fourth-order valence-corrected chi connectivity index (χ4v) is 2.82. The van der Waals surface area contributed by atoms with Gasteiger partial charge in [0.15, 0.2) is 0 Å². The predicted molar refractivity (Wildman–Crippen MR) is 79.8 cm³/mol. The van der Waals surface area contributed by atoms with E-state index in [1.165, 1.54) is 11.5 Å². The summed E-state index contributed by atoms with van der Waals surface area (Å²) in [5.41, 5.74) is 3.37. The Morgan fingerprint density at radius 3 is 2.70 bits per heavy atom. The molecule has 0 radical (unpaired) electrons. The zero-order chi connectivity index (χ0) is 14.7. The van der Waals surface area contributed by atoms with Gasteiger partial charge in [0.1, 0.15) is 10.6 Å². The van der Waals surface area contributed by atoms with Crippen LogP contribution in [0, 0.1) is 13.8 Å². The number of methoxy groups -OCH3 is 1. The van der Waals surface area contributed by atoms with E-state index in [0.717, 1.165) is 35.4 Å². The molecule has 0 atom stereocenters. The van der Waals surface area contributed by atoms with Gasteiger partial charge >= 0.3 is 0 Å². The molecule has 106 valence electrons. The molecule has 0 unspecified atom stereocenters. The third kappa shape index (κ3) is 2.72. The molecule has 1 aromatic carbocycles. The van der Waals surface area contributed by atoms with Crippen LogP contribution in [-0.4, -0.2) is 22.5 Å². The highest BCUT2D eigenvalue weighted by Gasteiger charge is 2.20. The van der Waals surface area contributed by atoms with Crippen molar-refractivity contribution in [2.75, 3.05) is 7.11 Å². The smallest absolute Gasteiger partial charge is 0.206 e. The Labute approximate surface area is 123 Å². The van der Waals surface area contributed by atoms with Crippen molar-refractivity contribution in [3.8, 4) is 5.75 Å². The van der Waals surface area contributed by atoms with E-state index in [-0.39, 0.29) is 5.78 Å². The fraction of sp³-hybridized carbons (Fsp3) is 0.400. The van der Waals surface area contributed by atoms with E-state index >= 15 is 0 Å². The second-order valence-electron chi connectivity index (χ2n) is 4.76. The molecular weight excluding hydrogens is 272 g/mol. The Bertz CT molecular complexity index is 635. The molecule has 2 aromatic rings. The zero-order valence-electron chi connectivity index (χ0n) is 12.2. The van der Waals surface area contributed by atoms with Gasteiger partial charge in [-0.25, -0.2) is 0 Å². The second-order valence-corrected chi connectivity index (χ2v) is 5.52.